The lowest BCUT2D eigenvalue weighted by atomic mass is 9.89. The maximum atomic E-state index is 13.0. The number of aliphatic hydroxyl groups excluding tert-OH is 2. The van der Waals surface area contributed by atoms with Crippen LogP contribution < -0.4 is 32.3 Å². The Morgan fingerprint density at radius 1 is 0.368 bits per heavy atom. The van der Waals surface area contributed by atoms with E-state index in [1.54, 1.807) is 116 Å². The number of anilines is 2. The quantitative estimate of drug-likeness (QED) is 0.0134. The summed E-state index contributed by atoms with van der Waals surface area (Å²) in [5, 5.41) is 48.8. The molecular weight excluding hydrogens is 1850 g/mol. The molecule has 46 nitrogen and oxygen atoms in total. The molecule has 136 heavy (non-hydrogen) atoms. The van der Waals surface area contributed by atoms with E-state index in [4.69, 9.17) is 121 Å². The largest absolute Gasteiger partial charge is 0.481 e. The second-order valence-electron chi connectivity index (χ2n) is 34.6. The number of nitrogens with two attached hydrogens (primary N) is 1. The Bertz CT molecular complexity index is 4040. The van der Waals surface area contributed by atoms with Crippen molar-refractivity contribution in [3.05, 3.63) is 71.8 Å². The predicted molar refractivity (Wildman–Crippen MR) is 491 cm³/mol. The van der Waals surface area contributed by atoms with Gasteiger partial charge in [0.15, 0.2) is 16.6 Å². The molecular formula is C87H140N6O40Si3. The molecule has 0 atom stereocenters. The molecule has 2 aromatic carbocycles. The molecule has 5 amide bonds. The van der Waals surface area contributed by atoms with E-state index in [1.807, 2.05) is 0 Å². The number of carboxylic acids is 2. The van der Waals surface area contributed by atoms with Crippen molar-refractivity contribution in [2.45, 2.75) is 155 Å². The number of carbonyl (C=O) groups excluding carboxylic acids is 12. The molecule has 0 aliphatic carbocycles. The van der Waals surface area contributed by atoms with E-state index in [-0.39, 0.29) is 159 Å². The van der Waals surface area contributed by atoms with Gasteiger partial charge in [-0.2, -0.15) is 0 Å². The third-order valence-electron chi connectivity index (χ3n) is 19.0. The van der Waals surface area contributed by atoms with Crippen molar-refractivity contribution in [2.24, 2.45) is 22.0 Å². The van der Waals surface area contributed by atoms with Crippen LogP contribution in [0.3, 0.4) is 0 Å². The molecule has 6 aliphatic rings. The standard InChI is InChI=1S/C22H32N2O7Si.C16H20N2O5.C13H25NO6Si.C11H21NO6Si.C10H16O6.C9H16O6.C6H10O4/c1-5-30-19(25)11-8-17-6-9-18(10-7-17)23-20(26)22(14-28-16-29-15-22)24-21(27)31-12-13-32(2,3)4;1-2-23-14(19)8-5-12-3-6-13(7-4-12)18-15(20)16(17)9-21-11-22-10-16;1-5-19-11(15)13(8-17-10-18-9-13)14-12(16)20-6-7-21(2,3)4;1-19(2,3)5-4-18-10(15)12-11(9(13)14)6-16-8-17-7-11;1-3-15-8(11)10(9(12)16-4-2)5-13-7-14-6-10;1-3-14-7(12)9(5-10,6-11)8(13)15-4-2;1-6(5(7)8)2-9-4-10-3-6/h6-11H,5,12-16H2,1-4H3,(H,23,26)(H,24,27);3-8H,2,9-11,17H2,1H3,(H,18,20);5-10H2,1-4H3,(H,14,16);4-8H2,1-3H3,(H,12,15)(H,13,14);3-7H2,1-2H3;10-11H,3-6H2,1-2H3;2-4H2,1H3,(H,7,8)/b11-8+;8-5+;;;;;. The molecule has 6 aliphatic heterocycles. The molecule has 6 heterocycles. The summed E-state index contributed by atoms with van der Waals surface area (Å²) in [5.74, 6) is -7.59. The van der Waals surface area contributed by atoms with E-state index in [1.165, 1.54) is 12.2 Å². The van der Waals surface area contributed by atoms with Gasteiger partial charge in [-0.3, -0.25) is 33.6 Å². The number of aliphatic carboxylic acids is 2. The first kappa shape index (κ1) is 122. The van der Waals surface area contributed by atoms with Gasteiger partial charge < -0.3 is 157 Å². The number of rotatable bonds is 36. The van der Waals surface area contributed by atoms with Crippen molar-refractivity contribution in [3.63, 3.8) is 0 Å². The Morgan fingerprint density at radius 2 is 0.654 bits per heavy atom. The Morgan fingerprint density at radius 3 is 0.963 bits per heavy atom. The summed E-state index contributed by atoms with van der Waals surface area (Å²) in [6.07, 6.45) is 3.84. The maximum absolute atomic E-state index is 13.0. The number of carboxylic acid groups (broad SMARTS) is 2. The summed E-state index contributed by atoms with van der Waals surface area (Å²) in [6.45, 7) is 34.3. The maximum Gasteiger partial charge on any atom is 0.408 e. The number of hydrogen-bond donors (Lipinski definition) is 10. The Kier molecular flexibility index (Phi) is 55.6. The van der Waals surface area contributed by atoms with Crippen molar-refractivity contribution in [1.82, 2.24) is 16.0 Å². The van der Waals surface area contributed by atoms with Crippen LogP contribution in [0.2, 0.25) is 77.1 Å². The zero-order valence-corrected chi connectivity index (χ0v) is 83.8. The van der Waals surface area contributed by atoms with Crippen molar-refractivity contribution in [1.29, 1.82) is 0 Å². The topological polar surface area (TPSA) is 609 Å². The molecule has 0 bridgehead atoms. The molecule has 8 rings (SSSR count). The highest BCUT2D eigenvalue weighted by molar-refractivity contribution is 6.76. The van der Waals surface area contributed by atoms with Crippen molar-refractivity contribution >= 4 is 132 Å². The van der Waals surface area contributed by atoms with E-state index < -0.39 is 154 Å². The van der Waals surface area contributed by atoms with Crippen molar-refractivity contribution < 1.29 is 192 Å². The molecule has 0 aromatic heterocycles. The van der Waals surface area contributed by atoms with Crippen LogP contribution in [-0.4, -0.2) is 350 Å². The van der Waals surface area contributed by atoms with E-state index in [9.17, 15) is 67.1 Å². The summed E-state index contributed by atoms with van der Waals surface area (Å²) in [6, 6.07) is 16.3. The Hall–Kier alpha value is -10.0. The van der Waals surface area contributed by atoms with Gasteiger partial charge in [-0.25, -0.2) is 33.6 Å². The van der Waals surface area contributed by atoms with Crippen LogP contribution >= 0.6 is 0 Å². The van der Waals surface area contributed by atoms with E-state index in [2.05, 4.69) is 95.0 Å². The first-order valence-electron chi connectivity index (χ1n) is 43.8. The summed E-state index contributed by atoms with van der Waals surface area (Å²) in [7, 11) is -3.92. The van der Waals surface area contributed by atoms with Gasteiger partial charge in [-0.05, 0) is 121 Å². The summed E-state index contributed by atoms with van der Waals surface area (Å²) >= 11 is 0. The molecule has 6 fully saturated rings. The Labute approximate surface area is 794 Å². The predicted octanol–water partition coefficient (Wildman–Crippen LogP) is 5.42. The summed E-state index contributed by atoms with van der Waals surface area (Å²) in [5.41, 5.74) is -1.17. The third-order valence-corrected chi connectivity index (χ3v) is 24.2. The minimum atomic E-state index is -2.01. The van der Waals surface area contributed by atoms with Crippen molar-refractivity contribution in [2.75, 3.05) is 210 Å². The van der Waals surface area contributed by atoms with Gasteiger partial charge >= 0.3 is 72.0 Å². The smallest absolute Gasteiger partial charge is 0.408 e. The lowest BCUT2D eigenvalue weighted by molar-refractivity contribution is -0.208. The number of alkyl carbamates (subject to hydrolysis) is 3. The molecule has 0 unspecified atom stereocenters. The second-order valence-corrected chi connectivity index (χ2v) is 51.4. The highest BCUT2D eigenvalue weighted by Gasteiger charge is 2.53. The fourth-order valence-electron chi connectivity index (χ4n) is 11.0. The van der Waals surface area contributed by atoms with Gasteiger partial charge in [0.1, 0.15) is 51.7 Å². The van der Waals surface area contributed by atoms with E-state index >= 15 is 0 Å². The van der Waals surface area contributed by atoms with Gasteiger partial charge in [0, 0.05) is 47.7 Å². The van der Waals surface area contributed by atoms with Gasteiger partial charge in [0.05, 0.1) is 159 Å². The van der Waals surface area contributed by atoms with E-state index in [0.717, 1.165) is 29.3 Å². The molecule has 0 radical (unpaired) electrons. The van der Waals surface area contributed by atoms with Gasteiger partial charge in [-0.1, -0.05) is 83.2 Å². The number of amides is 5. The van der Waals surface area contributed by atoms with Gasteiger partial charge in [0.25, 0.3) is 5.91 Å². The molecule has 2 aromatic rings. The minimum absolute atomic E-state index is 0.00888. The number of carbonyl (C=O) groups is 14. The number of hydrogen-bond acceptors (Lipinski definition) is 39. The highest BCUT2D eigenvalue weighted by atomic mass is 28.3. The summed E-state index contributed by atoms with van der Waals surface area (Å²) in [4.78, 5) is 164. The zero-order chi connectivity index (χ0) is 102. The normalized spacial score (nSPS) is 17.1. The molecule has 770 valence electrons. The first-order valence-corrected chi connectivity index (χ1v) is 54.9. The monoisotopic (exact) mass is 1990 g/mol. The van der Waals surface area contributed by atoms with E-state index in [0.29, 0.717) is 44.4 Å². The Balaban J connectivity index is 0.000000549. The second kappa shape index (κ2) is 62.0. The number of ether oxygens (including phenoxy) is 22. The fourth-order valence-corrected chi connectivity index (χ4v) is 13.1. The van der Waals surface area contributed by atoms with Crippen LogP contribution in [0.25, 0.3) is 12.2 Å². The van der Waals surface area contributed by atoms with Crippen LogP contribution in [0.1, 0.15) is 66.5 Å². The highest BCUT2D eigenvalue weighted by Crippen LogP contribution is 2.29. The van der Waals surface area contributed by atoms with Crippen LogP contribution in [0.5, 0.6) is 0 Å². The van der Waals surface area contributed by atoms with Crippen LogP contribution in [0.4, 0.5) is 25.8 Å². The third kappa shape index (κ3) is 44.6. The SMILES string of the molecule is CC1(C(=O)O)COCOC1.CCOC(=O)/C=C/c1ccc(NC(=O)C2(N)COCOC2)cc1.CCOC(=O)/C=C/c1ccc(NC(=O)C2(NC(=O)OCC[Si](C)(C)C)COCOC2)cc1.CCOC(=O)C(CO)(CO)C(=O)OCC.CCOC(=O)C1(C(=O)OCC)COCOC1.CCOC(=O)C1(NC(=O)OCC[Si](C)(C)C)COCOC1.C[Si](C)(C)CCOC(=O)NC1(C(=O)O)COCOC1. The minimum Gasteiger partial charge on any atom is -0.481 e. The summed E-state index contributed by atoms with van der Waals surface area (Å²) < 4.78 is 109. The molecule has 49 heteroatoms. The molecule has 0 saturated carbocycles. The fraction of sp³-hybridized carbons (Fsp3) is 0.655. The number of nitrogens with one attached hydrogen (secondary N) is 5. The number of benzene rings is 2. The van der Waals surface area contributed by atoms with Gasteiger partial charge in [0.2, 0.25) is 16.7 Å². The average Bonchev–Trinajstić information content (AvgIpc) is 0.807. The number of aliphatic hydroxyl groups is 2. The molecule has 0 spiro atoms. The van der Waals surface area contributed by atoms with Crippen molar-refractivity contribution in [3.8, 4) is 0 Å². The first-order chi connectivity index (χ1) is 64.1. The number of esters is 7. The lowest BCUT2D eigenvalue weighted by Crippen LogP contribution is -2.64. The lowest BCUT2D eigenvalue weighted by Gasteiger charge is -2.35. The van der Waals surface area contributed by atoms with Crippen LogP contribution in [0.15, 0.2) is 60.7 Å². The van der Waals surface area contributed by atoms with Crippen LogP contribution in [0, 0.1) is 16.2 Å². The molecule has 6 saturated heterocycles. The average molecular weight is 1990 g/mol. The zero-order valence-electron chi connectivity index (χ0n) is 80.8. The van der Waals surface area contributed by atoms with Crippen LogP contribution in [-0.2, 0) is 157 Å². The van der Waals surface area contributed by atoms with Gasteiger partial charge in [-0.15, -0.1) is 0 Å². The molecule has 11 N–H and O–H groups in total.